The van der Waals surface area contributed by atoms with E-state index in [0.29, 0.717) is 28.8 Å². The van der Waals surface area contributed by atoms with Crippen molar-refractivity contribution in [2.24, 2.45) is 55.1 Å². The number of amides is 8. The van der Waals surface area contributed by atoms with E-state index in [2.05, 4.69) is 36.2 Å². The van der Waals surface area contributed by atoms with Gasteiger partial charge in [0.1, 0.15) is 42.3 Å². The first-order valence-corrected chi connectivity index (χ1v) is 29.8. The molecule has 6 rings (SSSR count). The van der Waals surface area contributed by atoms with Crippen molar-refractivity contribution in [1.82, 2.24) is 40.9 Å². The Balaban J connectivity index is 1.17. The average Bonchev–Trinajstić information content (AvgIpc) is 2.30. The van der Waals surface area contributed by atoms with Crippen LogP contribution in [0.3, 0.4) is 0 Å². The second-order valence-electron chi connectivity index (χ2n) is 21.6. The zero-order valence-electron chi connectivity index (χ0n) is 48.5. The van der Waals surface area contributed by atoms with Gasteiger partial charge >= 0.3 is 5.97 Å². The number of β-amino-alcohol motifs (C(OH)–C–C–N with tert-alkyl or cyclic N) is 1. The highest BCUT2D eigenvalue weighted by Crippen LogP contribution is 2.28. The maximum absolute atomic E-state index is 15.1. The third-order valence-electron chi connectivity index (χ3n) is 15.2. The van der Waals surface area contributed by atoms with Crippen LogP contribution in [0.4, 0.5) is 0 Å². The summed E-state index contributed by atoms with van der Waals surface area (Å²) in [7, 11) is 0. The molecule has 3 aliphatic heterocycles. The summed E-state index contributed by atoms with van der Waals surface area (Å²) in [6.45, 7) is -0.550. The third kappa shape index (κ3) is 20.1. The molecular weight excluding hydrogens is 1140 g/mol. The van der Waals surface area contributed by atoms with Gasteiger partial charge in [-0.25, -0.2) is 4.79 Å². The van der Waals surface area contributed by atoms with E-state index in [-0.39, 0.29) is 128 Å². The number of carboxylic acids is 1. The standard InChI is InChI=1S/C57H82N18O11S/c58-38(17-7-21-65-55(59)60)47(78)70-39(18-8-22-66-56(61)62)50(81)72-24-10-20-42(72)52(83)75-33-36(76)30-44(75)48(79)68-32-46(77)69-41(31-37-16-11-27-87-37)51(82)74-26-25-73(53(84)45(74)29-35-14-5-2-6-15-35)43(28-34-12-3-1-4-13-34)49(80)71-40(54(85)86)19-9-23-67-57(63)64/h1-6,11-16,27,36,38-45,76H,7-10,17-26,28-33,58H2,(H,68,79)(H,69,77)(H,70,78)(H,71,80)(H,85,86)(H4,59,60,65)(H4,61,62,66)(H4,63,64,67)/t36-,38-,39+,40+,41+,42+,43+,44+,45+/m1/s1. The number of aliphatic imine (C=N–C) groups is 3. The lowest BCUT2D eigenvalue weighted by molar-refractivity contribution is -0.157. The minimum absolute atomic E-state index is 0.00456. The largest absolute Gasteiger partial charge is 0.480 e. The Morgan fingerprint density at radius 1 is 0.644 bits per heavy atom. The second kappa shape index (κ2) is 33.1. The summed E-state index contributed by atoms with van der Waals surface area (Å²) in [5.74, 6) is -7.09. The highest BCUT2D eigenvalue weighted by atomic mass is 32.1. The fraction of sp³-hybridized carbons (Fsp3) is 0.509. The van der Waals surface area contributed by atoms with Crippen LogP contribution in [0.5, 0.6) is 0 Å². The molecule has 472 valence electrons. The minimum atomic E-state index is -1.35. The minimum Gasteiger partial charge on any atom is -0.480 e. The fourth-order valence-corrected chi connectivity index (χ4v) is 11.6. The molecule has 0 saturated carbocycles. The summed E-state index contributed by atoms with van der Waals surface area (Å²) in [6, 6.07) is 11.8. The lowest BCUT2D eigenvalue weighted by Gasteiger charge is -2.44. The van der Waals surface area contributed by atoms with Crippen LogP contribution in [0.1, 0.15) is 73.8 Å². The number of nitrogens with two attached hydrogens (primary N) is 7. The number of aliphatic hydroxyl groups is 1. The van der Waals surface area contributed by atoms with Crippen molar-refractivity contribution in [2.75, 3.05) is 52.4 Å². The summed E-state index contributed by atoms with van der Waals surface area (Å²) < 4.78 is 0. The molecule has 1 aromatic heterocycles. The number of likely N-dealkylation sites (tertiary alicyclic amines) is 2. The van der Waals surface area contributed by atoms with Crippen LogP contribution >= 0.6 is 11.3 Å². The van der Waals surface area contributed by atoms with Gasteiger partial charge in [-0.1, -0.05) is 66.7 Å². The maximum atomic E-state index is 15.1. The monoisotopic (exact) mass is 1230 g/mol. The van der Waals surface area contributed by atoms with Gasteiger partial charge in [0, 0.05) is 76.4 Å². The SMILES string of the molecule is NC(N)=NCCC[C@@H](N)C(=O)N[C@@H](CCCN=C(N)N)C(=O)N1CCC[C@H]1C(=O)N1C[C@H](O)C[C@H]1C(=O)NCC(=O)N[C@@H](Cc1cccs1)C(=O)N1CCN([C@@H](Cc2ccccc2)C(=O)N[C@@H](CCCN=C(N)N)C(=O)O)C(=O)[C@@H]1Cc1ccccc1. The summed E-state index contributed by atoms with van der Waals surface area (Å²) in [5.41, 5.74) is 40.2. The van der Waals surface area contributed by atoms with Crippen LogP contribution in [0.2, 0.25) is 0 Å². The Hall–Kier alpha value is -8.90. The molecule has 8 amide bonds. The van der Waals surface area contributed by atoms with E-state index in [4.69, 9.17) is 40.1 Å². The number of carboxylic acid groups (broad SMARTS) is 1. The number of aliphatic hydroxyl groups excluding tert-OH is 1. The van der Waals surface area contributed by atoms with Crippen molar-refractivity contribution in [2.45, 2.75) is 131 Å². The average molecular weight is 1230 g/mol. The molecule has 20 N–H and O–H groups in total. The molecule has 2 aromatic carbocycles. The van der Waals surface area contributed by atoms with E-state index in [9.17, 15) is 43.8 Å². The molecule has 29 nitrogen and oxygen atoms in total. The Labute approximate surface area is 507 Å². The van der Waals surface area contributed by atoms with Gasteiger partial charge in [-0.15, -0.1) is 11.3 Å². The van der Waals surface area contributed by atoms with Crippen LogP contribution < -0.4 is 61.4 Å². The molecule has 4 heterocycles. The molecule has 0 unspecified atom stereocenters. The molecule has 3 aromatic rings. The summed E-state index contributed by atoms with van der Waals surface area (Å²) >= 11 is 1.33. The topological polar surface area (TPSA) is 474 Å². The first kappa shape index (κ1) is 67.2. The zero-order chi connectivity index (χ0) is 63.2. The van der Waals surface area contributed by atoms with Crippen LogP contribution in [-0.4, -0.2) is 208 Å². The van der Waals surface area contributed by atoms with E-state index in [1.54, 1.807) is 78.2 Å². The number of guanidine groups is 3. The number of carbonyl (C=O) groups is 9. The van der Waals surface area contributed by atoms with Gasteiger partial charge in [0.15, 0.2) is 17.9 Å². The molecule has 3 aliphatic rings. The van der Waals surface area contributed by atoms with E-state index in [1.807, 2.05) is 0 Å². The number of piperazine rings is 1. The van der Waals surface area contributed by atoms with Crippen LogP contribution in [0.15, 0.2) is 93.2 Å². The van der Waals surface area contributed by atoms with Gasteiger partial charge in [0.05, 0.1) is 18.7 Å². The Bertz CT molecular complexity index is 2930. The van der Waals surface area contributed by atoms with E-state index >= 15 is 9.59 Å². The number of carbonyl (C=O) groups excluding carboxylic acids is 8. The van der Waals surface area contributed by atoms with Gasteiger partial charge in [0.2, 0.25) is 47.3 Å². The van der Waals surface area contributed by atoms with Crippen LogP contribution in [0.25, 0.3) is 0 Å². The fourth-order valence-electron chi connectivity index (χ4n) is 10.9. The van der Waals surface area contributed by atoms with E-state index < -0.39 is 114 Å². The molecule has 0 spiro atoms. The number of thiophene rings is 1. The molecule has 3 fully saturated rings. The number of nitrogens with one attached hydrogen (secondary N) is 4. The van der Waals surface area contributed by atoms with Crippen LogP contribution in [-0.2, 0) is 62.4 Å². The second-order valence-corrected chi connectivity index (χ2v) is 22.6. The number of nitrogens with zero attached hydrogens (tertiary/aromatic N) is 7. The van der Waals surface area contributed by atoms with E-state index in [0.717, 1.165) is 0 Å². The number of hydrogen-bond donors (Lipinski definition) is 13. The van der Waals surface area contributed by atoms with Crippen molar-refractivity contribution in [1.29, 1.82) is 0 Å². The lowest BCUT2D eigenvalue weighted by Crippen LogP contribution is -2.66. The molecule has 0 radical (unpaired) electrons. The number of benzene rings is 2. The summed E-state index contributed by atoms with van der Waals surface area (Å²) in [5, 5.41) is 33.5. The molecule has 0 aliphatic carbocycles. The smallest absolute Gasteiger partial charge is 0.326 e. The van der Waals surface area contributed by atoms with E-state index in [1.165, 1.54) is 30.9 Å². The van der Waals surface area contributed by atoms with Gasteiger partial charge in [-0.3, -0.25) is 53.3 Å². The molecule has 0 bridgehead atoms. The number of rotatable bonds is 31. The van der Waals surface area contributed by atoms with Crippen molar-refractivity contribution in [3.8, 4) is 0 Å². The quantitative estimate of drug-likeness (QED) is 0.0167. The van der Waals surface area contributed by atoms with Crippen LogP contribution in [0, 0.1) is 0 Å². The molecule has 87 heavy (non-hydrogen) atoms. The van der Waals surface area contributed by atoms with Gasteiger partial charge in [-0.05, 0) is 73.9 Å². The Morgan fingerprint density at radius 2 is 1.23 bits per heavy atom. The number of hydrogen-bond acceptors (Lipinski definition) is 15. The van der Waals surface area contributed by atoms with Crippen molar-refractivity contribution in [3.05, 3.63) is 94.2 Å². The zero-order valence-corrected chi connectivity index (χ0v) is 49.3. The third-order valence-corrected chi connectivity index (χ3v) is 16.1. The van der Waals surface area contributed by atoms with Gasteiger partial charge in [0.25, 0.3) is 0 Å². The lowest BCUT2D eigenvalue weighted by atomic mass is 9.96. The summed E-state index contributed by atoms with van der Waals surface area (Å²) in [4.78, 5) is 145. The predicted octanol–water partition coefficient (Wildman–Crippen LogP) is -3.72. The molecule has 9 atom stereocenters. The maximum Gasteiger partial charge on any atom is 0.326 e. The summed E-state index contributed by atoms with van der Waals surface area (Å²) in [6.07, 6.45) is 0.407. The highest BCUT2D eigenvalue weighted by Gasteiger charge is 2.47. The molecule has 3 saturated heterocycles. The van der Waals surface area contributed by atoms with Crippen molar-refractivity contribution in [3.63, 3.8) is 0 Å². The molecule has 30 heteroatoms. The Kier molecular flexibility index (Phi) is 25.6. The molecular formula is C57H82N18O11S. The first-order valence-electron chi connectivity index (χ1n) is 28.9. The Morgan fingerprint density at radius 3 is 1.83 bits per heavy atom. The first-order chi connectivity index (χ1) is 41.6. The van der Waals surface area contributed by atoms with Crippen molar-refractivity contribution < 1.29 is 53.4 Å². The van der Waals surface area contributed by atoms with Gasteiger partial charge < -0.3 is 91.2 Å². The number of aliphatic carboxylic acids is 1. The van der Waals surface area contributed by atoms with Crippen molar-refractivity contribution >= 4 is 82.4 Å². The predicted molar refractivity (Wildman–Crippen MR) is 324 cm³/mol. The normalized spacial score (nSPS) is 19.1. The van der Waals surface area contributed by atoms with Gasteiger partial charge in [-0.2, -0.15) is 0 Å². The highest BCUT2D eigenvalue weighted by molar-refractivity contribution is 7.09.